The largest absolute Gasteiger partial charge is 0.399 e. The van der Waals surface area contributed by atoms with Crippen molar-refractivity contribution in [3.63, 3.8) is 0 Å². The van der Waals surface area contributed by atoms with E-state index >= 15 is 0 Å². The summed E-state index contributed by atoms with van der Waals surface area (Å²) >= 11 is 0. The first-order valence-corrected chi connectivity index (χ1v) is 7.65. The molecule has 20 heavy (non-hydrogen) atoms. The van der Waals surface area contributed by atoms with Gasteiger partial charge in [-0.3, -0.25) is 0 Å². The van der Waals surface area contributed by atoms with Gasteiger partial charge in [-0.05, 0) is 43.0 Å². The molecule has 1 heterocycles. The number of fused-ring (bicyclic) bond motifs is 1. The van der Waals surface area contributed by atoms with Gasteiger partial charge in [0.25, 0.3) is 0 Å². The summed E-state index contributed by atoms with van der Waals surface area (Å²) in [5, 5.41) is 2.35. The van der Waals surface area contributed by atoms with Crippen molar-refractivity contribution in [1.29, 1.82) is 0 Å². The molecule has 3 nitrogen and oxygen atoms in total. The van der Waals surface area contributed by atoms with Crippen molar-refractivity contribution in [2.75, 3.05) is 23.7 Å². The lowest BCUT2D eigenvalue weighted by Crippen LogP contribution is -2.25. The fourth-order valence-electron chi connectivity index (χ4n) is 2.20. The zero-order chi connectivity index (χ0) is 15.0. The number of aromatic nitrogens is 1. The average Bonchev–Trinajstić information content (AvgIpc) is 2.49. The summed E-state index contributed by atoms with van der Waals surface area (Å²) < 4.78 is 0. The SMILES string of the molecule is CC.CCCCN(CC)c1nccc2cc(N)ccc12. The molecule has 1 aromatic carbocycles. The Balaban J connectivity index is 0.000000956. The summed E-state index contributed by atoms with van der Waals surface area (Å²) in [7, 11) is 0. The van der Waals surface area contributed by atoms with Crippen LogP contribution in [0.3, 0.4) is 0 Å². The number of nitrogens with zero attached hydrogens (tertiary/aromatic N) is 2. The molecule has 3 heteroatoms. The van der Waals surface area contributed by atoms with Crippen molar-refractivity contribution in [2.45, 2.75) is 40.5 Å². The van der Waals surface area contributed by atoms with Crippen LogP contribution in [-0.4, -0.2) is 18.1 Å². The third-order valence-corrected chi connectivity index (χ3v) is 3.23. The van der Waals surface area contributed by atoms with Gasteiger partial charge in [0, 0.05) is 30.4 Å². The van der Waals surface area contributed by atoms with Crippen LogP contribution >= 0.6 is 0 Å². The van der Waals surface area contributed by atoms with Crippen molar-refractivity contribution in [3.05, 3.63) is 30.5 Å². The third-order valence-electron chi connectivity index (χ3n) is 3.23. The first-order chi connectivity index (χ1) is 9.76. The molecule has 0 radical (unpaired) electrons. The fourth-order valence-corrected chi connectivity index (χ4v) is 2.20. The van der Waals surface area contributed by atoms with Crippen molar-refractivity contribution in [1.82, 2.24) is 4.98 Å². The van der Waals surface area contributed by atoms with Gasteiger partial charge < -0.3 is 10.6 Å². The molecule has 2 N–H and O–H groups in total. The van der Waals surface area contributed by atoms with E-state index in [1.54, 1.807) is 0 Å². The molecule has 0 saturated heterocycles. The van der Waals surface area contributed by atoms with Crippen LogP contribution in [0.5, 0.6) is 0 Å². The Bertz CT molecular complexity index is 523. The molecule has 1 aromatic heterocycles. The van der Waals surface area contributed by atoms with Crippen molar-refractivity contribution in [3.8, 4) is 0 Å². The quantitative estimate of drug-likeness (QED) is 0.817. The number of unbranched alkanes of at least 4 members (excludes halogenated alkanes) is 1. The second kappa shape index (κ2) is 8.41. The molecule has 0 saturated carbocycles. The van der Waals surface area contributed by atoms with E-state index in [9.17, 15) is 0 Å². The Hall–Kier alpha value is -1.77. The first-order valence-electron chi connectivity index (χ1n) is 7.65. The molecule has 0 bridgehead atoms. The van der Waals surface area contributed by atoms with E-state index < -0.39 is 0 Å². The average molecular weight is 273 g/mol. The topological polar surface area (TPSA) is 42.2 Å². The Morgan fingerprint density at radius 3 is 2.55 bits per heavy atom. The van der Waals surface area contributed by atoms with Gasteiger partial charge >= 0.3 is 0 Å². The number of nitrogens with two attached hydrogens (primary N) is 1. The van der Waals surface area contributed by atoms with Crippen LogP contribution in [0, 0.1) is 0 Å². The smallest absolute Gasteiger partial charge is 0.136 e. The predicted molar refractivity (Wildman–Crippen MR) is 90.3 cm³/mol. The zero-order valence-corrected chi connectivity index (χ0v) is 13.2. The second-order valence-corrected chi connectivity index (χ2v) is 4.55. The number of rotatable bonds is 5. The molecule has 0 spiro atoms. The van der Waals surface area contributed by atoms with Gasteiger partial charge in [-0.1, -0.05) is 27.2 Å². The van der Waals surface area contributed by atoms with Gasteiger partial charge in [0.2, 0.25) is 0 Å². The minimum atomic E-state index is 0.802. The molecule has 0 atom stereocenters. The molecule has 0 aliphatic heterocycles. The number of benzene rings is 1. The van der Waals surface area contributed by atoms with E-state index in [1.165, 1.54) is 18.2 Å². The highest BCUT2D eigenvalue weighted by Crippen LogP contribution is 2.26. The van der Waals surface area contributed by atoms with Crippen LogP contribution in [0.2, 0.25) is 0 Å². The normalized spacial score (nSPS) is 10.0. The summed E-state index contributed by atoms with van der Waals surface area (Å²) in [6, 6.07) is 8.04. The van der Waals surface area contributed by atoms with Crippen molar-refractivity contribution < 1.29 is 0 Å². The Kier molecular flexibility index (Phi) is 6.85. The standard InChI is InChI=1S/C15H21N3.C2H6/c1-3-5-10-18(4-2)15-14-7-6-13(16)11-12(14)8-9-17-15;1-2/h6-9,11H,3-5,10,16H2,1-2H3;1-2H3. The molecular formula is C17H27N3. The molecule has 2 aromatic rings. The highest BCUT2D eigenvalue weighted by atomic mass is 15.2. The molecule has 0 fully saturated rings. The molecule has 0 unspecified atom stereocenters. The minimum absolute atomic E-state index is 0.802. The van der Waals surface area contributed by atoms with Gasteiger partial charge in [-0.15, -0.1) is 0 Å². The molecule has 0 aliphatic carbocycles. The minimum Gasteiger partial charge on any atom is -0.399 e. The van der Waals surface area contributed by atoms with Crippen LogP contribution < -0.4 is 10.6 Å². The highest BCUT2D eigenvalue weighted by Gasteiger charge is 2.09. The van der Waals surface area contributed by atoms with Crippen LogP contribution in [0.15, 0.2) is 30.5 Å². The highest BCUT2D eigenvalue weighted by molar-refractivity contribution is 5.93. The van der Waals surface area contributed by atoms with E-state index in [0.29, 0.717) is 0 Å². The fraction of sp³-hybridized carbons (Fsp3) is 0.471. The lowest BCUT2D eigenvalue weighted by Gasteiger charge is -2.23. The van der Waals surface area contributed by atoms with Gasteiger partial charge in [-0.25, -0.2) is 4.98 Å². The lowest BCUT2D eigenvalue weighted by molar-refractivity contribution is 0.726. The maximum atomic E-state index is 5.83. The summed E-state index contributed by atoms with van der Waals surface area (Å²) in [6.45, 7) is 10.4. The molecule has 2 rings (SSSR count). The van der Waals surface area contributed by atoms with E-state index in [-0.39, 0.29) is 0 Å². The van der Waals surface area contributed by atoms with Crippen LogP contribution in [0.1, 0.15) is 40.5 Å². The summed E-state index contributed by atoms with van der Waals surface area (Å²) in [4.78, 5) is 6.88. The molecule has 110 valence electrons. The number of hydrogen-bond donors (Lipinski definition) is 1. The summed E-state index contributed by atoms with van der Waals surface area (Å²) in [6.07, 6.45) is 4.26. The van der Waals surface area contributed by atoms with E-state index in [0.717, 1.165) is 30.0 Å². The number of nitrogen functional groups attached to an aromatic ring is 1. The Morgan fingerprint density at radius 1 is 1.15 bits per heavy atom. The van der Waals surface area contributed by atoms with Gasteiger partial charge in [0.1, 0.15) is 5.82 Å². The molecular weight excluding hydrogens is 246 g/mol. The number of hydrogen-bond acceptors (Lipinski definition) is 3. The predicted octanol–water partition coefficient (Wildman–Crippen LogP) is 4.47. The monoisotopic (exact) mass is 273 g/mol. The zero-order valence-electron chi connectivity index (χ0n) is 13.2. The van der Waals surface area contributed by atoms with Crippen molar-refractivity contribution >= 4 is 22.3 Å². The maximum Gasteiger partial charge on any atom is 0.136 e. The number of anilines is 2. The van der Waals surface area contributed by atoms with Crippen molar-refractivity contribution in [2.24, 2.45) is 0 Å². The van der Waals surface area contributed by atoms with Gasteiger partial charge in [0.15, 0.2) is 0 Å². The summed E-state index contributed by atoms with van der Waals surface area (Å²) in [5.41, 5.74) is 6.63. The Morgan fingerprint density at radius 2 is 1.90 bits per heavy atom. The first kappa shape index (κ1) is 16.3. The molecule has 0 amide bonds. The lowest BCUT2D eigenvalue weighted by atomic mass is 10.1. The number of pyridine rings is 1. The van der Waals surface area contributed by atoms with Gasteiger partial charge in [0.05, 0.1) is 0 Å². The second-order valence-electron chi connectivity index (χ2n) is 4.55. The summed E-state index contributed by atoms with van der Waals surface area (Å²) in [5.74, 6) is 1.07. The van der Waals surface area contributed by atoms with E-state index in [2.05, 4.69) is 29.8 Å². The van der Waals surface area contributed by atoms with E-state index in [1.807, 2.05) is 38.2 Å². The Labute approximate surface area is 122 Å². The van der Waals surface area contributed by atoms with Crippen LogP contribution in [0.25, 0.3) is 10.8 Å². The van der Waals surface area contributed by atoms with E-state index in [4.69, 9.17) is 5.73 Å². The third kappa shape index (κ3) is 3.86. The maximum absolute atomic E-state index is 5.83. The molecule has 0 aliphatic rings. The van der Waals surface area contributed by atoms with Crippen LogP contribution in [-0.2, 0) is 0 Å². The van der Waals surface area contributed by atoms with Gasteiger partial charge in [-0.2, -0.15) is 0 Å². The van der Waals surface area contributed by atoms with Crippen LogP contribution in [0.4, 0.5) is 11.5 Å².